The molecule has 7 nitrogen and oxygen atoms in total. The number of aromatic carboxylic acids is 1. The van der Waals surface area contributed by atoms with Gasteiger partial charge in [0.05, 0.1) is 12.6 Å². The largest absolute Gasteiger partial charge is 0.478 e. The zero-order valence-corrected chi connectivity index (χ0v) is 10.5. The molecule has 19 heavy (non-hydrogen) atoms. The number of amides is 2. The first-order chi connectivity index (χ1) is 8.97. The lowest BCUT2D eigenvalue weighted by atomic mass is 10.2. The average molecular weight is 268 g/mol. The summed E-state index contributed by atoms with van der Waals surface area (Å²) in [4.78, 5) is 24.1. The highest BCUT2D eigenvalue weighted by molar-refractivity contribution is 5.88. The fraction of sp³-hybridized carbons (Fsp3) is 0.500. The van der Waals surface area contributed by atoms with Gasteiger partial charge < -0.3 is 24.8 Å². The number of aliphatic hydroxyl groups is 1. The Labute approximate surface area is 109 Å². The van der Waals surface area contributed by atoms with E-state index in [4.69, 9.17) is 9.52 Å². The third kappa shape index (κ3) is 3.05. The van der Waals surface area contributed by atoms with Gasteiger partial charge in [-0.1, -0.05) is 0 Å². The van der Waals surface area contributed by atoms with Crippen LogP contribution in [0.5, 0.6) is 0 Å². The van der Waals surface area contributed by atoms with Crippen LogP contribution in [0.3, 0.4) is 0 Å². The van der Waals surface area contributed by atoms with Crippen molar-refractivity contribution in [2.24, 2.45) is 0 Å². The Morgan fingerprint density at radius 1 is 1.58 bits per heavy atom. The monoisotopic (exact) mass is 268 g/mol. The summed E-state index contributed by atoms with van der Waals surface area (Å²) in [6.45, 7) is 2.53. The van der Waals surface area contributed by atoms with Crippen molar-refractivity contribution in [2.75, 3.05) is 13.1 Å². The van der Waals surface area contributed by atoms with Gasteiger partial charge in [0, 0.05) is 13.1 Å². The smallest absolute Gasteiger partial charge is 0.339 e. The lowest BCUT2D eigenvalue weighted by molar-refractivity contribution is 0.0695. The van der Waals surface area contributed by atoms with E-state index in [1.165, 1.54) is 11.0 Å². The van der Waals surface area contributed by atoms with Gasteiger partial charge in [-0.25, -0.2) is 9.59 Å². The Bertz CT molecular complexity index is 496. The van der Waals surface area contributed by atoms with E-state index in [-0.39, 0.29) is 18.1 Å². The fourth-order valence-corrected chi connectivity index (χ4v) is 2.04. The summed E-state index contributed by atoms with van der Waals surface area (Å²) < 4.78 is 5.25. The molecule has 7 heteroatoms. The number of hydrogen-bond donors (Lipinski definition) is 3. The molecule has 2 amide bonds. The summed E-state index contributed by atoms with van der Waals surface area (Å²) in [5.74, 6) is -0.349. The van der Waals surface area contributed by atoms with Gasteiger partial charge in [-0.05, 0) is 19.4 Å². The van der Waals surface area contributed by atoms with Gasteiger partial charge >= 0.3 is 12.0 Å². The molecule has 1 unspecified atom stereocenters. The van der Waals surface area contributed by atoms with Gasteiger partial charge in [-0.15, -0.1) is 0 Å². The van der Waals surface area contributed by atoms with Crippen molar-refractivity contribution in [3.63, 3.8) is 0 Å². The number of hydrogen-bond acceptors (Lipinski definition) is 4. The topological polar surface area (TPSA) is 103 Å². The molecule has 2 rings (SSSR count). The van der Waals surface area contributed by atoms with Crippen LogP contribution in [0.4, 0.5) is 4.79 Å². The number of nitrogens with one attached hydrogen (secondary N) is 1. The van der Waals surface area contributed by atoms with E-state index < -0.39 is 12.1 Å². The Kier molecular flexibility index (Phi) is 3.75. The number of carboxylic acids is 1. The third-order valence-electron chi connectivity index (χ3n) is 3.06. The summed E-state index contributed by atoms with van der Waals surface area (Å²) in [5.41, 5.74) is 0.0980. The van der Waals surface area contributed by atoms with Crippen molar-refractivity contribution in [1.29, 1.82) is 0 Å². The number of likely N-dealkylation sites (tertiary alicyclic amines) is 1. The second-order valence-electron chi connectivity index (χ2n) is 4.53. The van der Waals surface area contributed by atoms with Crippen LogP contribution in [0.25, 0.3) is 0 Å². The first-order valence-corrected chi connectivity index (χ1v) is 6.01. The zero-order chi connectivity index (χ0) is 14.0. The maximum absolute atomic E-state index is 11.7. The number of aliphatic hydroxyl groups excluding tert-OH is 1. The summed E-state index contributed by atoms with van der Waals surface area (Å²) >= 11 is 0. The molecular formula is C12H16N2O5. The third-order valence-corrected chi connectivity index (χ3v) is 3.06. The fourth-order valence-electron chi connectivity index (χ4n) is 2.04. The molecule has 1 aliphatic rings. The summed E-state index contributed by atoms with van der Waals surface area (Å²) in [7, 11) is 0. The molecule has 0 aliphatic carbocycles. The van der Waals surface area contributed by atoms with Crippen LogP contribution in [0, 0.1) is 6.92 Å². The molecule has 1 atom stereocenters. The highest BCUT2D eigenvalue weighted by Crippen LogP contribution is 2.15. The molecular weight excluding hydrogens is 252 g/mol. The molecule has 0 bridgehead atoms. The van der Waals surface area contributed by atoms with Crippen molar-refractivity contribution < 1.29 is 24.2 Å². The molecule has 0 saturated carbocycles. The molecule has 1 aliphatic heterocycles. The quantitative estimate of drug-likeness (QED) is 0.743. The number of furan rings is 1. The number of β-amino-alcohol motifs (C(OH)–C–C–N with tert-alkyl or cyclic N) is 1. The van der Waals surface area contributed by atoms with Crippen molar-refractivity contribution in [2.45, 2.75) is 26.0 Å². The first-order valence-electron chi connectivity index (χ1n) is 6.01. The van der Waals surface area contributed by atoms with E-state index in [9.17, 15) is 14.7 Å². The Hall–Kier alpha value is -2.02. The molecule has 3 N–H and O–H groups in total. The normalized spacial score (nSPS) is 18.6. The molecule has 0 radical (unpaired) electrons. The first kappa shape index (κ1) is 13.4. The Morgan fingerprint density at radius 3 is 2.84 bits per heavy atom. The van der Waals surface area contributed by atoms with Crippen molar-refractivity contribution in [3.05, 3.63) is 23.2 Å². The Balaban J connectivity index is 1.90. The van der Waals surface area contributed by atoms with Gasteiger partial charge in [-0.3, -0.25) is 0 Å². The van der Waals surface area contributed by atoms with Crippen LogP contribution >= 0.6 is 0 Å². The number of aryl methyl sites for hydroxylation is 1. The number of carbonyl (C=O) groups is 2. The predicted molar refractivity (Wildman–Crippen MR) is 64.8 cm³/mol. The van der Waals surface area contributed by atoms with Gasteiger partial charge in [0.25, 0.3) is 0 Å². The molecule has 0 aromatic carbocycles. The van der Waals surface area contributed by atoms with Gasteiger partial charge in [0.15, 0.2) is 0 Å². The summed E-state index contributed by atoms with van der Waals surface area (Å²) in [5, 5.41) is 20.8. The summed E-state index contributed by atoms with van der Waals surface area (Å²) in [6, 6.07) is 1.11. The number of carbonyl (C=O) groups excluding carboxylic acids is 1. The number of carboxylic acid groups (broad SMARTS) is 1. The standard InChI is InChI=1S/C12H16N2O5/c1-7-10(11(16)17)4-9(19-7)5-13-12(18)14-3-2-8(15)6-14/h4,8,15H,2-3,5-6H2,1H3,(H,13,18)(H,16,17). The van der Waals surface area contributed by atoms with Gasteiger partial charge in [0.2, 0.25) is 0 Å². The maximum atomic E-state index is 11.7. The minimum Gasteiger partial charge on any atom is -0.478 e. The van der Waals surface area contributed by atoms with Crippen LogP contribution in [-0.4, -0.2) is 46.3 Å². The minimum absolute atomic E-state index is 0.0980. The molecule has 1 aromatic rings. The molecule has 0 spiro atoms. The van der Waals surface area contributed by atoms with Gasteiger partial charge in [-0.2, -0.15) is 0 Å². The van der Waals surface area contributed by atoms with E-state index in [0.29, 0.717) is 31.0 Å². The molecule has 1 aromatic heterocycles. The second kappa shape index (κ2) is 5.31. The van der Waals surface area contributed by atoms with Crippen LogP contribution in [-0.2, 0) is 6.54 Å². The SMILES string of the molecule is Cc1oc(CNC(=O)N2CCC(O)C2)cc1C(=O)O. The predicted octanol–water partition coefficient (Wildman–Crippen LogP) is 0.562. The number of rotatable bonds is 3. The number of urea groups is 1. The van der Waals surface area contributed by atoms with E-state index >= 15 is 0 Å². The average Bonchev–Trinajstić information content (AvgIpc) is 2.92. The van der Waals surface area contributed by atoms with Crippen molar-refractivity contribution in [3.8, 4) is 0 Å². The van der Waals surface area contributed by atoms with E-state index in [1.807, 2.05) is 0 Å². The van der Waals surface area contributed by atoms with Crippen LogP contribution < -0.4 is 5.32 Å². The maximum Gasteiger partial charge on any atom is 0.339 e. The zero-order valence-electron chi connectivity index (χ0n) is 10.5. The van der Waals surface area contributed by atoms with E-state index in [1.54, 1.807) is 6.92 Å². The molecule has 1 saturated heterocycles. The van der Waals surface area contributed by atoms with Crippen LogP contribution in [0.2, 0.25) is 0 Å². The molecule has 2 heterocycles. The Morgan fingerprint density at radius 2 is 2.32 bits per heavy atom. The second-order valence-corrected chi connectivity index (χ2v) is 4.53. The van der Waals surface area contributed by atoms with Crippen LogP contribution in [0.15, 0.2) is 10.5 Å². The highest BCUT2D eigenvalue weighted by atomic mass is 16.4. The lowest BCUT2D eigenvalue weighted by Gasteiger charge is -2.15. The molecule has 1 fully saturated rings. The highest BCUT2D eigenvalue weighted by Gasteiger charge is 2.24. The minimum atomic E-state index is -1.05. The van der Waals surface area contributed by atoms with E-state index in [2.05, 4.69) is 5.32 Å². The van der Waals surface area contributed by atoms with Crippen molar-refractivity contribution in [1.82, 2.24) is 10.2 Å². The van der Waals surface area contributed by atoms with Crippen LogP contribution in [0.1, 0.15) is 28.3 Å². The number of nitrogens with zero attached hydrogens (tertiary/aromatic N) is 1. The lowest BCUT2D eigenvalue weighted by Crippen LogP contribution is -2.38. The molecule has 104 valence electrons. The van der Waals surface area contributed by atoms with Gasteiger partial charge in [0.1, 0.15) is 17.1 Å². The van der Waals surface area contributed by atoms with E-state index in [0.717, 1.165) is 0 Å². The van der Waals surface area contributed by atoms with Crippen molar-refractivity contribution >= 4 is 12.0 Å². The summed E-state index contributed by atoms with van der Waals surface area (Å²) in [6.07, 6.45) is 0.117.